The van der Waals surface area contributed by atoms with Crippen molar-refractivity contribution in [3.05, 3.63) is 29.8 Å². The van der Waals surface area contributed by atoms with Crippen LogP contribution in [0, 0.1) is 0 Å². The van der Waals surface area contributed by atoms with Crippen molar-refractivity contribution in [2.45, 2.75) is 31.2 Å². The molecule has 1 aromatic rings. The van der Waals surface area contributed by atoms with Gasteiger partial charge in [0.1, 0.15) is 18.5 Å². The number of ether oxygens (including phenoxy) is 1. The van der Waals surface area contributed by atoms with Crippen molar-refractivity contribution in [1.82, 2.24) is 10.2 Å². The summed E-state index contributed by atoms with van der Waals surface area (Å²) in [5.41, 5.74) is -0.892. The summed E-state index contributed by atoms with van der Waals surface area (Å²) in [7, 11) is 1.55. The fourth-order valence-electron chi connectivity index (χ4n) is 2.63. The molecule has 1 aliphatic heterocycles. The minimum absolute atomic E-state index is 0.00873. The number of aliphatic hydroxyl groups excluding tert-OH is 1. The van der Waals surface area contributed by atoms with E-state index in [1.807, 2.05) is 0 Å². The maximum absolute atomic E-state index is 12.9. The molecule has 8 heteroatoms. The topological polar surface area (TPSA) is 61.8 Å². The van der Waals surface area contributed by atoms with Gasteiger partial charge in [0, 0.05) is 13.6 Å². The Morgan fingerprint density at radius 2 is 2.17 bits per heavy atom. The van der Waals surface area contributed by atoms with Gasteiger partial charge in [-0.3, -0.25) is 4.79 Å². The van der Waals surface area contributed by atoms with E-state index >= 15 is 0 Å². The molecule has 2 atom stereocenters. The maximum Gasteiger partial charge on any atom is 0.419 e. The van der Waals surface area contributed by atoms with Crippen LogP contribution in [0.25, 0.3) is 0 Å². The number of alkyl halides is 3. The predicted octanol–water partition coefficient (Wildman–Crippen LogP) is 1.66. The predicted molar refractivity (Wildman–Crippen MR) is 81.6 cm³/mol. The Labute approximate surface area is 138 Å². The zero-order valence-corrected chi connectivity index (χ0v) is 13.3. The number of hydrogen-bond donors (Lipinski definition) is 2. The van der Waals surface area contributed by atoms with Gasteiger partial charge in [0.05, 0.1) is 11.6 Å². The van der Waals surface area contributed by atoms with Crippen LogP contribution in [-0.2, 0) is 11.0 Å². The normalized spacial score (nSPS) is 19.1. The first-order chi connectivity index (χ1) is 11.3. The van der Waals surface area contributed by atoms with E-state index in [0.717, 1.165) is 25.5 Å². The van der Waals surface area contributed by atoms with Gasteiger partial charge in [-0.25, -0.2) is 0 Å². The molecule has 0 saturated carbocycles. The zero-order valence-electron chi connectivity index (χ0n) is 13.3. The first-order valence-corrected chi connectivity index (χ1v) is 7.74. The summed E-state index contributed by atoms with van der Waals surface area (Å²) in [5.74, 6) is -0.474. The molecule has 1 fully saturated rings. The van der Waals surface area contributed by atoms with Crippen molar-refractivity contribution in [3.8, 4) is 5.75 Å². The fraction of sp³-hybridized carbons (Fsp3) is 0.562. The van der Waals surface area contributed by atoms with Crippen LogP contribution in [0.2, 0.25) is 0 Å². The third-order valence-electron chi connectivity index (χ3n) is 3.84. The molecule has 1 heterocycles. The Bertz CT molecular complexity index is 560. The highest BCUT2D eigenvalue weighted by molar-refractivity contribution is 5.81. The largest absolute Gasteiger partial charge is 0.490 e. The van der Waals surface area contributed by atoms with Crippen LogP contribution in [0.4, 0.5) is 13.2 Å². The molecule has 2 N–H and O–H groups in total. The summed E-state index contributed by atoms with van der Waals surface area (Å²) < 4.78 is 43.7. The lowest BCUT2D eigenvalue weighted by Crippen LogP contribution is -2.45. The quantitative estimate of drug-likeness (QED) is 0.822. The molecule has 0 spiro atoms. The van der Waals surface area contributed by atoms with Crippen molar-refractivity contribution >= 4 is 5.91 Å². The van der Waals surface area contributed by atoms with Crippen LogP contribution in [0.1, 0.15) is 18.4 Å². The molecule has 0 aromatic heterocycles. The Morgan fingerprint density at radius 1 is 1.46 bits per heavy atom. The van der Waals surface area contributed by atoms with Crippen LogP contribution in [-0.4, -0.2) is 54.8 Å². The molecule has 134 valence electrons. The number of aliphatic hydroxyl groups is 1. The number of amides is 1. The van der Waals surface area contributed by atoms with Gasteiger partial charge < -0.3 is 20.1 Å². The van der Waals surface area contributed by atoms with E-state index in [1.54, 1.807) is 7.05 Å². The molecular weight excluding hydrogens is 325 g/mol. The first-order valence-electron chi connectivity index (χ1n) is 7.74. The van der Waals surface area contributed by atoms with E-state index in [9.17, 15) is 23.1 Å². The van der Waals surface area contributed by atoms with E-state index in [4.69, 9.17) is 4.74 Å². The molecule has 1 aromatic carbocycles. The first kappa shape index (κ1) is 18.5. The Hall–Kier alpha value is -1.80. The number of rotatable bonds is 6. The van der Waals surface area contributed by atoms with Crippen LogP contribution < -0.4 is 10.1 Å². The minimum Gasteiger partial charge on any atom is -0.490 e. The van der Waals surface area contributed by atoms with Gasteiger partial charge in [-0.2, -0.15) is 13.2 Å². The van der Waals surface area contributed by atoms with Crippen LogP contribution in [0.3, 0.4) is 0 Å². The molecule has 1 saturated heterocycles. The lowest BCUT2D eigenvalue weighted by molar-refractivity contribution is -0.139. The molecule has 0 aliphatic carbocycles. The highest BCUT2D eigenvalue weighted by atomic mass is 19.4. The van der Waals surface area contributed by atoms with Gasteiger partial charge >= 0.3 is 6.18 Å². The number of halogens is 3. The van der Waals surface area contributed by atoms with E-state index < -0.39 is 17.8 Å². The van der Waals surface area contributed by atoms with Crippen molar-refractivity contribution in [2.24, 2.45) is 0 Å². The number of para-hydroxylation sites is 1. The SMILES string of the molecule is CN(CC(O)COc1ccccc1C(F)(F)F)C(=O)C1CCCN1. The molecule has 0 bridgehead atoms. The second-order valence-electron chi connectivity index (χ2n) is 5.83. The van der Waals surface area contributed by atoms with Gasteiger partial charge in [0.2, 0.25) is 5.91 Å². The Morgan fingerprint density at radius 3 is 2.79 bits per heavy atom. The number of nitrogens with zero attached hydrogens (tertiary/aromatic N) is 1. The molecular formula is C16H21F3N2O3. The fourth-order valence-corrected chi connectivity index (χ4v) is 2.63. The number of carbonyl (C=O) groups is 1. The van der Waals surface area contributed by atoms with Crippen molar-refractivity contribution in [1.29, 1.82) is 0 Å². The average Bonchev–Trinajstić information content (AvgIpc) is 3.06. The van der Waals surface area contributed by atoms with Gasteiger partial charge in [-0.1, -0.05) is 12.1 Å². The second kappa shape index (κ2) is 7.85. The van der Waals surface area contributed by atoms with Crippen LogP contribution in [0.5, 0.6) is 5.75 Å². The lowest BCUT2D eigenvalue weighted by atomic mass is 10.2. The molecule has 24 heavy (non-hydrogen) atoms. The maximum atomic E-state index is 12.9. The van der Waals surface area contributed by atoms with E-state index in [2.05, 4.69) is 5.32 Å². The molecule has 2 unspecified atom stereocenters. The number of nitrogens with one attached hydrogen (secondary N) is 1. The van der Waals surface area contributed by atoms with E-state index in [0.29, 0.717) is 0 Å². The highest BCUT2D eigenvalue weighted by Crippen LogP contribution is 2.35. The highest BCUT2D eigenvalue weighted by Gasteiger charge is 2.34. The average molecular weight is 346 g/mol. The van der Waals surface area contributed by atoms with Crippen molar-refractivity contribution < 1.29 is 27.8 Å². The second-order valence-corrected chi connectivity index (χ2v) is 5.83. The summed E-state index contributed by atoms with van der Waals surface area (Å²) in [4.78, 5) is 13.5. The van der Waals surface area contributed by atoms with E-state index in [-0.39, 0.29) is 30.9 Å². The van der Waals surface area contributed by atoms with Gasteiger partial charge in [-0.05, 0) is 31.5 Å². The summed E-state index contributed by atoms with van der Waals surface area (Å²) in [5, 5.41) is 13.0. The summed E-state index contributed by atoms with van der Waals surface area (Å²) in [6, 6.07) is 4.57. The number of carbonyl (C=O) groups excluding carboxylic acids is 1. The molecule has 0 radical (unpaired) electrons. The van der Waals surface area contributed by atoms with Crippen molar-refractivity contribution in [2.75, 3.05) is 26.7 Å². The lowest BCUT2D eigenvalue weighted by Gasteiger charge is -2.24. The smallest absolute Gasteiger partial charge is 0.419 e. The van der Waals surface area contributed by atoms with Crippen LogP contribution in [0.15, 0.2) is 24.3 Å². The Balaban J connectivity index is 1.87. The van der Waals surface area contributed by atoms with Gasteiger partial charge in [-0.15, -0.1) is 0 Å². The molecule has 1 aliphatic rings. The summed E-state index contributed by atoms with van der Waals surface area (Å²) in [6.45, 7) is 0.443. The summed E-state index contributed by atoms with van der Waals surface area (Å²) >= 11 is 0. The third-order valence-corrected chi connectivity index (χ3v) is 3.84. The Kier molecular flexibility index (Phi) is 6.06. The van der Waals surface area contributed by atoms with Gasteiger partial charge in [0.15, 0.2) is 0 Å². The van der Waals surface area contributed by atoms with Crippen molar-refractivity contribution in [3.63, 3.8) is 0 Å². The van der Waals surface area contributed by atoms with Gasteiger partial charge in [0.25, 0.3) is 0 Å². The number of benzene rings is 1. The monoisotopic (exact) mass is 346 g/mol. The molecule has 5 nitrogen and oxygen atoms in total. The number of hydrogen-bond acceptors (Lipinski definition) is 4. The molecule has 1 amide bonds. The van der Waals surface area contributed by atoms with E-state index in [1.165, 1.54) is 23.1 Å². The standard InChI is InChI=1S/C16H21F3N2O3/c1-21(15(23)13-6-4-8-20-13)9-11(22)10-24-14-7-3-2-5-12(14)16(17,18)19/h2-3,5,7,11,13,20,22H,4,6,8-10H2,1H3. The third kappa shape index (κ3) is 4.85. The number of likely N-dealkylation sites (N-methyl/N-ethyl adjacent to an activating group) is 1. The summed E-state index contributed by atoms with van der Waals surface area (Å²) in [6.07, 6.45) is -3.94. The molecule has 2 rings (SSSR count). The zero-order chi connectivity index (χ0) is 17.7. The minimum atomic E-state index is -4.53. The van der Waals surface area contributed by atoms with Crippen LogP contribution >= 0.6 is 0 Å².